The summed E-state index contributed by atoms with van der Waals surface area (Å²) in [6, 6.07) is 11.6. The molecule has 162 valence electrons. The number of nitrogens with zero attached hydrogens (tertiary/aromatic N) is 5. The van der Waals surface area contributed by atoms with Gasteiger partial charge < -0.3 is 9.30 Å². The number of ether oxygens (including phenoxy) is 1. The summed E-state index contributed by atoms with van der Waals surface area (Å²) in [4.78, 5) is 17.0. The lowest BCUT2D eigenvalue weighted by Crippen LogP contribution is -2.14. The maximum atomic E-state index is 12.7. The smallest absolute Gasteiger partial charge is 0.191 e. The molecule has 0 aliphatic carbocycles. The zero-order valence-corrected chi connectivity index (χ0v) is 19.4. The number of Topliss-reactive ketones (excluding diaryl/α,β-unsaturated/α-hetero) is 1. The number of aryl methyl sites for hydroxylation is 1. The Kier molecular flexibility index (Phi) is 8.20. The number of aromatic nitrogens is 4. The van der Waals surface area contributed by atoms with Crippen molar-refractivity contribution in [1.82, 2.24) is 19.7 Å². The molecule has 0 N–H and O–H groups in total. The summed E-state index contributed by atoms with van der Waals surface area (Å²) >= 11 is 2.65. The molecule has 0 amide bonds. The van der Waals surface area contributed by atoms with E-state index in [-0.39, 0.29) is 11.5 Å². The Balaban J connectivity index is 1.69. The molecule has 0 aliphatic rings. The molecule has 31 heavy (non-hydrogen) atoms. The van der Waals surface area contributed by atoms with Crippen LogP contribution in [0.1, 0.15) is 42.7 Å². The SMILES string of the molecule is Cc1csc([C@H](C#N)C(=O)CSc2nnc(COc3ccccc3)n2CCC(C)C)n1. The van der Waals surface area contributed by atoms with E-state index in [2.05, 4.69) is 35.1 Å². The second kappa shape index (κ2) is 11.1. The largest absolute Gasteiger partial charge is 0.486 e. The first-order valence-electron chi connectivity index (χ1n) is 10.0. The third-order valence-electron chi connectivity index (χ3n) is 4.51. The van der Waals surface area contributed by atoms with Crippen LogP contribution in [0.3, 0.4) is 0 Å². The first-order valence-corrected chi connectivity index (χ1v) is 11.9. The van der Waals surface area contributed by atoms with Crippen LogP contribution in [0.15, 0.2) is 40.9 Å². The van der Waals surface area contributed by atoms with E-state index in [1.54, 1.807) is 0 Å². The van der Waals surface area contributed by atoms with Crippen LogP contribution in [-0.4, -0.2) is 31.3 Å². The van der Waals surface area contributed by atoms with Gasteiger partial charge in [0.15, 0.2) is 22.7 Å². The van der Waals surface area contributed by atoms with Crippen LogP contribution in [0, 0.1) is 24.2 Å². The Bertz CT molecular complexity index is 1040. The maximum absolute atomic E-state index is 12.7. The number of carbonyl (C=O) groups excluding carboxylic acids is 1. The van der Waals surface area contributed by atoms with Crippen LogP contribution in [0.5, 0.6) is 5.75 Å². The maximum Gasteiger partial charge on any atom is 0.191 e. The molecular weight excluding hydrogens is 430 g/mol. The average Bonchev–Trinajstić information content (AvgIpc) is 3.36. The summed E-state index contributed by atoms with van der Waals surface area (Å²) < 4.78 is 7.85. The fourth-order valence-electron chi connectivity index (χ4n) is 2.80. The molecule has 0 bridgehead atoms. The lowest BCUT2D eigenvalue weighted by atomic mass is 10.1. The Labute approximate surface area is 190 Å². The second-order valence-corrected chi connectivity index (χ2v) is 9.31. The van der Waals surface area contributed by atoms with Crippen molar-refractivity contribution in [1.29, 1.82) is 5.26 Å². The topological polar surface area (TPSA) is 93.7 Å². The van der Waals surface area contributed by atoms with Gasteiger partial charge in [0.1, 0.15) is 17.4 Å². The van der Waals surface area contributed by atoms with Gasteiger partial charge >= 0.3 is 0 Å². The van der Waals surface area contributed by atoms with Crippen molar-refractivity contribution in [3.05, 3.63) is 52.2 Å². The van der Waals surface area contributed by atoms with Crippen molar-refractivity contribution < 1.29 is 9.53 Å². The first-order chi connectivity index (χ1) is 15.0. The summed E-state index contributed by atoms with van der Waals surface area (Å²) in [7, 11) is 0. The van der Waals surface area contributed by atoms with Crippen molar-refractivity contribution in [2.75, 3.05) is 5.75 Å². The van der Waals surface area contributed by atoms with Crippen molar-refractivity contribution in [3.63, 3.8) is 0 Å². The van der Waals surface area contributed by atoms with Crippen LogP contribution in [-0.2, 0) is 17.9 Å². The van der Waals surface area contributed by atoms with Crippen LogP contribution >= 0.6 is 23.1 Å². The highest BCUT2D eigenvalue weighted by Gasteiger charge is 2.24. The van der Waals surface area contributed by atoms with Crippen molar-refractivity contribution in [2.24, 2.45) is 5.92 Å². The van der Waals surface area contributed by atoms with Crippen molar-refractivity contribution in [2.45, 2.75) is 51.4 Å². The molecule has 3 rings (SSSR count). The molecule has 0 fully saturated rings. The van der Waals surface area contributed by atoms with E-state index < -0.39 is 5.92 Å². The zero-order chi connectivity index (χ0) is 22.2. The number of benzene rings is 1. The highest BCUT2D eigenvalue weighted by atomic mass is 32.2. The predicted molar refractivity (Wildman–Crippen MR) is 121 cm³/mol. The van der Waals surface area contributed by atoms with Crippen LogP contribution < -0.4 is 4.74 Å². The molecule has 0 aliphatic heterocycles. The molecule has 0 saturated carbocycles. The summed E-state index contributed by atoms with van der Waals surface area (Å²) in [5.74, 6) is 1.10. The van der Waals surface area contributed by atoms with E-state index >= 15 is 0 Å². The molecule has 1 atom stereocenters. The van der Waals surface area contributed by atoms with Crippen molar-refractivity contribution in [3.8, 4) is 11.8 Å². The number of para-hydroxylation sites is 1. The molecule has 0 radical (unpaired) electrons. The predicted octanol–water partition coefficient (Wildman–Crippen LogP) is 4.64. The molecule has 3 aromatic rings. The van der Waals surface area contributed by atoms with Gasteiger partial charge in [0.2, 0.25) is 0 Å². The Morgan fingerprint density at radius 3 is 2.71 bits per heavy atom. The Morgan fingerprint density at radius 2 is 2.06 bits per heavy atom. The molecule has 0 unspecified atom stereocenters. The van der Waals surface area contributed by atoms with Gasteiger partial charge in [-0.3, -0.25) is 4.79 Å². The monoisotopic (exact) mass is 455 g/mol. The van der Waals surface area contributed by atoms with Gasteiger partial charge in [-0.2, -0.15) is 5.26 Å². The number of nitriles is 1. The minimum atomic E-state index is -0.848. The van der Waals surface area contributed by atoms with Gasteiger partial charge in [-0.05, 0) is 31.4 Å². The second-order valence-electron chi connectivity index (χ2n) is 7.48. The van der Waals surface area contributed by atoms with E-state index in [0.29, 0.717) is 28.5 Å². The van der Waals surface area contributed by atoms with Gasteiger partial charge in [0.05, 0.1) is 11.8 Å². The molecule has 0 spiro atoms. The number of rotatable bonds is 11. The van der Waals surface area contributed by atoms with Gasteiger partial charge in [0.25, 0.3) is 0 Å². The molecule has 9 heteroatoms. The number of carbonyl (C=O) groups is 1. The molecule has 7 nitrogen and oxygen atoms in total. The number of ketones is 1. The molecule has 2 heterocycles. The van der Waals surface area contributed by atoms with Crippen LogP contribution in [0.2, 0.25) is 0 Å². The lowest BCUT2D eigenvalue weighted by Gasteiger charge is -2.12. The minimum absolute atomic E-state index is 0.135. The number of thiazole rings is 1. The number of hydrogen-bond acceptors (Lipinski definition) is 8. The number of hydrogen-bond donors (Lipinski definition) is 0. The van der Waals surface area contributed by atoms with E-state index in [4.69, 9.17) is 4.74 Å². The van der Waals surface area contributed by atoms with Crippen molar-refractivity contribution >= 4 is 28.9 Å². The van der Waals surface area contributed by atoms with E-state index in [1.165, 1.54) is 23.1 Å². The summed E-state index contributed by atoms with van der Waals surface area (Å²) in [6.45, 7) is 7.21. The lowest BCUT2D eigenvalue weighted by molar-refractivity contribution is -0.116. The molecule has 1 aromatic carbocycles. The summed E-state index contributed by atoms with van der Waals surface area (Å²) in [5.41, 5.74) is 0.817. The minimum Gasteiger partial charge on any atom is -0.486 e. The van der Waals surface area contributed by atoms with E-state index in [1.807, 2.05) is 47.2 Å². The van der Waals surface area contributed by atoms with Gasteiger partial charge in [0, 0.05) is 17.6 Å². The van der Waals surface area contributed by atoms with Gasteiger partial charge in [-0.1, -0.05) is 43.8 Å². The van der Waals surface area contributed by atoms with Gasteiger partial charge in [-0.25, -0.2) is 4.98 Å². The highest BCUT2D eigenvalue weighted by Crippen LogP contribution is 2.25. The van der Waals surface area contributed by atoms with E-state index in [9.17, 15) is 10.1 Å². The van der Waals surface area contributed by atoms with E-state index in [0.717, 1.165) is 24.4 Å². The Hall–Kier alpha value is -2.70. The van der Waals surface area contributed by atoms with Crippen LogP contribution in [0.4, 0.5) is 0 Å². The average molecular weight is 456 g/mol. The van der Waals surface area contributed by atoms with Crippen LogP contribution in [0.25, 0.3) is 0 Å². The molecular formula is C22H25N5O2S2. The van der Waals surface area contributed by atoms with Gasteiger partial charge in [-0.15, -0.1) is 21.5 Å². The molecule has 2 aromatic heterocycles. The zero-order valence-electron chi connectivity index (χ0n) is 17.8. The first kappa shape index (κ1) is 23.0. The quantitative estimate of drug-likeness (QED) is 0.389. The molecule has 0 saturated heterocycles. The highest BCUT2D eigenvalue weighted by molar-refractivity contribution is 7.99. The standard InChI is InChI=1S/C22H25N5O2S2/c1-15(2)9-10-27-20(12-29-17-7-5-4-6-8-17)25-26-22(27)31-14-19(28)18(11-23)21-24-16(3)13-30-21/h4-8,13,15,18H,9-10,12,14H2,1-3H3/t18-/m1/s1. The fraction of sp³-hybridized carbons (Fsp3) is 0.409. The normalized spacial score (nSPS) is 12.0. The summed E-state index contributed by atoms with van der Waals surface area (Å²) in [6.07, 6.45) is 0.955. The summed E-state index contributed by atoms with van der Waals surface area (Å²) in [5, 5.41) is 21.1. The number of thioether (sulfide) groups is 1. The fourth-order valence-corrected chi connectivity index (χ4v) is 4.55. The third kappa shape index (κ3) is 6.39. The Morgan fingerprint density at radius 1 is 1.29 bits per heavy atom. The third-order valence-corrected chi connectivity index (χ3v) is 6.53.